The molecule has 0 aromatic heterocycles. The lowest BCUT2D eigenvalue weighted by molar-refractivity contribution is -0.384. The number of imide groups is 1. The van der Waals surface area contributed by atoms with Crippen LogP contribution in [0.4, 0.5) is 15.3 Å². The highest BCUT2D eigenvalue weighted by Crippen LogP contribution is 2.35. The topological polar surface area (TPSA) is 145 Å². The van der Waals surface area contributed by atoms with Crippen LogP contribution in [0, 0.1) is 10.1 Å². The fraction of sp³-hybridized carbons (Fsp3) is 0.312. The van der Waals surface area contributed by atoms with Gasteiger partial charge in [-0.25, -0.2) is 19.3 Å². The van der Waals surface area contributed by atoms with Gasteiger partial charge in [-0.2, -0.15) is 0 Å². The van der Waals surface area contributed by atoms with E-state index in [0.29, 0.717) is 4.90 Å². The first-order valence-electron chi connectivity index (χ1n) is 7.69. The molecule has 10 nitrogen and oxygen atoms in total. The third-order valence-corrected chi connectivity index (χ3v) is 3.65. The number of nitrogens with two attached hydrogens (primary N) is 1. The molecule has 138 valence electrons. The third kappa shape index (κ3) is 3.63. The minimum atomic E-state index is -1.24. The zero-order valence-electron chi connectivity index (χ0n) is 14.4. The molecule has 1 atom stereocenters. The van der Waals surface area contributed by atoms with Crippen LogP contribution in [0.15, 0.2) is 35.5 Å². The molecule has 1 aromatic rings. The zero-order valence-corrected chi connectivity index (χ0v) is 14.4. The number of allylic oxidation sites excluding steroid dienone is 1. The minimum Gasteiger partial charge on any atom is -0.459 e. The predicted molar refractivity (Wildman–Crippen MR) is 89.7 cm³/mol. The van der Waals surface area contributed by atoms with Crippen molar-refractivity contribution in [3.05, 3.63) is 51.2 Å². The van der Waals surface area contributed by atoms with Gasteiger partial charge in [-0.3, -0.25) is 10.1 Å². The molecule has 1 heterocycles. The number of amides is 4. The van der Waals surface area contributed by atoms with Gasteiger partial charge in [0.25, 0.3) is 5.69 Å². The Morgan fingerprint density at radius 2 is 2.04 bits per heavy atom. The molecule has 0 bridgehead atoms. The van der Waals surface area contributed by atoms with Crippen molar-refractivity contribution in [2.75, 3.05) is 0 Å². The Hall–Kier alpha value is -3.43. The van der Waals surface area contributed by atoms with E-state index in [4.69, 9.17) is 10.5 Å². The first-order chi connectivity index (χ1) is 12.1. The second-order valence-corrected chi connectivity index (χ2v) is 5.89. The fourth-order valence-electron chi connectivity index (χ4n) is 2.63. The average molecular weight is 362 g/mol. The highest BCUT2D eigenvalue weighted by molar-refractivity contribution is 6.01. The summed E-state index contributed by atoms with van der Waals surface area (Å²) in [5.41, 5.74) is 5.38. The van der Waals surface area contributed by atoms with E-state index in [1.165, 1.54) is 31.2 Å². The van der Waals surface area contributed by atoms with Gasteiger partial charge < -0.3 is 15.8 Å². The number of rotatable bonds is 4. The molecule has 2 rings (SSSR count). The molecule has 0 spiro atoms. The van der Waals surface area contributed by atoms with Crippen LogP contribution in [0.25, 0.3) is 0 Å². The van der Waals surface area contributed by atoms with E-state index < -0.39 is 35.1 Å². The molecular weight excluding hydrogens is 344 g/mol. The molecule has 3 N–H and O–H groups in total. The SMILES string of the molecule is CC1=C(C(=O)OC(C)C)[C@H](c2cccc([N+](=O)[O-])c2)N(C(N)=O)C(=O)N1. The number of nitrogens with zero attached hydrogens (tertiary/aromatic N) is 2. The maximum absolute atomic E-state index is 12.6. The van der Waals surface area contributed by atoms with E-state index in [2.05, 4.69) is 5.32 Å². The molecular formula is C16H18N4O6. The normalized spacial score (nSPS) is 17.2. The molecule has 1 aromatic carbocycles. The Labute approximate surface area is 148 Å². The molecule has 1 aliphatic rings. The molecule has 0 aliphatic carbocycles. The fourth-order valence-corrected chi connectivity index (χ4v) is 2.63. The van der Waals surface area contributed by atoms with Gasteiger partial charge in [-0.15, -0.1) is 0 Å². The van der Waals surface area contributed by atoms with Gasteiger partial charge in [0.2, 0.25) is 0 Å². The molecule has 26 heavy (non-hydrogen) atoms. The Balaban J connectivity index is 2.66. The van der Waals surface area contributed by atoms with Crippen LogP contribution < -0.4 is 11.1 Å². The number of carbonyl (C=O) groups excluding carboxylic acids is 3. The van der Waals surface area contributed by atoms with Crippen molar-refractivity contribution in [1.29, 1.82) is 0 Å². The zero-order chi connectivity index (χ0) is 19.6. The predicted octanol–water partition coefficient (Wildman–Crippen LogP) is 1.97. The summed E-state index contributed by atoms with van der Waals surface area (Å²) in [6.45, 7) is 4.75. The van der Waals surface area contributed by atoms with E-state index in [-0.39, 0.29) is 22.5 Å². The number of benzene rings is 1. The van der Waals surface area contributed by atoms with Crippen LogP contribution in [-0.2, 0) is 9.53 Å². The smallest absolute Gasteiger partial charge is 0.338 e. The molecule has 4 amide bonds. The van der Waals surface area contributed by atoms with Crippen molar-refractivity contribution < 1.29 is 24.0 Å². The number of carbonyl (C=O) groups is 3. The van der Waals surface area contributed by atoms with E-state index in [9.17, 15) is 24.5 Å². The lowest BCUT2D eigenvalue weighted by Crippen LogP contribution is -2.53. The summed E-state index contributed by atoms with van der Waals surface area (Å²) in [6.07, 6.45) is -0.451. The van der Waals surface area contributed by atoms with E-state index >= 15 is 0 Å². The summed E-state index contributed by atoms with van der Waals surface area (Å²) in [7, 11) is 0. The highest BCUT2D eigenvalue weighted by atomic mass is 16.6. The highest BCUT2D eigenvalue weighted by Gasteiger charge is 2.41. The Kier molecular flexibility index (Phi) is 5.24. The second-order valence-electron chi connectivity index (χ2n) is 5.89. The Bertz CT molecular complexity index is 817. The van der Waals surface area contributed by atoms with E-state index in [1.807, 2.05) is 0 Å². The lowest BCUT2D eigenvalue weighted by atomic mass is 9.93. The first-order valence-corrected chi connectivity index (χ1v) is 7.69. The van der Waals surface area contributed by atoms with Crippen LogP contribution in [0.1, 0.15) is 32.4 Å². The van der Waals surface area contributed by atoms with Gasteiger partial charge in [-0.1, -0.05) is 12.1 Å². The Morgan fingerprint density at radius 3 is 2.58 bits per heavy atom. The number of ether oxygens (including phenoxy) is 1. The van der Waals surface area contributed by atoms with Crippen molar-refractivity contribution in [3.63, 3.8) is 0 Å². The maximum atomic E-state index is 12.6. The van der Waals surface area contributed by atoms with Crippen molar-refractivity contribution in [2.24, 2.45) is 5.73 Å². The first kappa shape index (κ1) is 18.9. The van der Waals surface area contributed by atoms with Gasteiger partial charge in [0.1, 0.15) is 6.04 Å². The molecule has 1 aliphatic heterocycles. The number of nitro groups is 1. The van der Waals surface area contributed by atoms with Crippen LogP contribution in [0.5, 0.6) is 0 Å². The van der Waals surface area contributed by atoms with Gasteiger partial charge in [0.15, 0.2) is 0 Å². The second kappa shape index (κ2) is 7.21. The summed E-state index contributed by atoms with van der Waals surface area (Å²) < 4.78 is 5.19. The molecule has 0 saturated heterocycles. The van der Waals surface area contributed by atoms with Gasteiger partial charge >= 0.3 is 18.0 Å². The number of urea groups is 2. The number of esters is 1. The van der Waals surface area contributed by atoms with Crippen LogP contribution >= 0.6 is 0 Å². The number of primary amides is 1. The summed E-state index contributed by atoms with van der Waals surface area (Å²) in [5, 5.41) is 13.4. The monoisotopic (exact) mass is 362 g/mol. The van der Waals surface area contributed by atoms with Crippen molar-refractivity contribution in [3.8, 4) is 0 Å². The van der Waals surface area contributed by atoms with E-state index in [0.717, 1.165) is 0 Å². The van der Waals surface area contributed by atoms with Crippen LogP contribution in [0.2, 0.25) is 0 Å². The van der Waals surface area contributed by atoms with Gasteiger partial charge in [0.05, 0.1) is 16.6 Å². The lowest BCUT2D eigenvalue weighted by Gasteiger charge is -2.35. The Morgan fingerprint density at radius 1 is 1.38 bits per heavy atom. The number of hydrogen-bond acceptors (Lipinski definition) is 6. The minimum absolute atomic E-state index is 0.0300. The standard InChI is InChI=1S/C16H18N4O6/c1-8(2)26-14(21)12-9(3)18-16(23)19(15(17)22)13(12)10-5-4-6-11(7-10)20(24)25/h4-8,13H,1-3H3,(H2,17,22)(H,18,23)/t13-/m0/s1. The molecule has 0 fully saturated rings. The summed E-state index contributed by atoms with van der Waals surface area (Å²) in [5.74, 6) is -0.764. The van der Waals surface area contributed by atoms with E-state index in [1.54, 1.807) is 13.8 Å². The summed E-state index contributed by atoms with van der Waals surface area (Å²) >= 11 is 0. The summed E-state index contributed by atoms with van der Waals surface area (Å²) in [4.78, 5) is 47.7. The van der Waals surface area contributed by atoms with Gasteiger partial charge in [-0.05, 0) is 26.3 Å². The number of non-ortho nitro benzene ring substituents is 1. The number of nitrogens with one attached hydrogen (secondary N) is 1. The third-order valence-electron chi connectivity index (χ3n) is 3.65. The molecule has 10 heteroatoms. The number of nitro benzene ring substituents is 1. The number of hydrogen-bond donors (Lipinski definition) is 2. The van der Waals surface area contributed by atoms with Crippen LogP contribution in [0.3, 0.4) is 0 Å². The summed E-state index contributed by atoms with van der Waals surface area (Å²) in [6, 6.07) is 2.09. The van der Waals surface area contributed by atoms with Crippen molar-refractivity contribution in [2.45, 2.75) is 32.9 Å². The average Bonchev–Trinajstić information content (AvgIpc) is 2.52. The largest absolute Gasteiger partial charge is 0.459 e. The van der Waals surface area contributed by atoms with Crippen molar-refractivity contribution >= 4 is 23.7 Å². The molecule has 0 unspecified atom stereocenters. The van der Waals surface area contributed by atoms with Crippen molar-refractivity contribution in [1.82, 2.24) is 10.2 Å². The molecule has 0 radical (unpaired) electrons. The van der Waals surface area contributed by atoms with Gasteiger partial charge in [0, 0.05) is 17.8 Å². The maximum Gasteiger partial charge on any atom is 0.338 e. The molecule has 0 saturated carbocycles. The van der Waals surface area contributed by atoms with Crippen LogP contribution in [-0.4, -0.2) is 34.0 Å². The quantitative estimate of drug-likeness (QED) is 0.476.